The third-order valence-corrected chi connectivity index (χ3v) is 12.1. The predicted octanol–water partition coefficient (Wildman–Crippen LogP) is 11.2. The minimum Gasteiger partial charge on any atom is -0.462 e. The highest BCUT2D eigenvalue weighted by Gasteiger charge is 2.51. The molecule has 7 heteroatoms. The normalized spacial score (nSPS) is 22.5. The van der Waals surface area contributed by atoms with Crippen LogP contribution >= 0.6 is 0 Å². The van der Waals surface area contributed by atoms with Gasteiger partial charge in [0.2, 0.25) is 0 Å². The molecule has 4 rings (SSSR count). The van der Waals surface area contributed by atoms with E-state index in [9.17, 15) is 14.7 Å². The molecule has 0 amide bonds. The number of carbonyl (C=O) groups excluding carboxylic acids is 2. The van der Waals surface area contributed by atoms with E-state index >= 15 is 0 Å². The molecule has 4 bridgehead atoms. The van der Waals surface area contributed by atoms with Crippen LogP contribution in [0.25, 0.3) is 0 Å². The summed E-state index contributed by atoms with van der Waals surface area (Å²) in [4.78, 5) is 27.3. The van der Waals surface area contributed by atoms with Crippen LogP contribution in [0.15, 0.2) is 0 Å². The van der Waals surface area contributed by atoms with Crippen LogP contribution in [0.1, 0.15) is 194 Å². The Bertz CT molecular complexity index is 828. The molecule has 0 aromatic heterocycles. The highest BCUT2D eigenvalue weighted by molar-refractivity contribution is 5.69. The average molecular weight is 706 g/mol. The number of esters is 1. The quantitative estimate of drug-likeness (QED) is 0.0551. The van der Waals surface area contributed by atoms with E-state index in [1.165, 1.54) is 116 Å². The van der Waals surface area contributed by atoms with Crippen molar-refractivity contribution < 1.29 is 28.9 Å². The first kappa shape index (κ1) is 43.1. The van der Waals surface area contributed by atoms with E-state index in [4.69, 9.17) is 14.2 Å². The monoisotopic (exact) mass is 706 g/mol. The molecule has 7 nitrogen and oxygen atoms in total. The van der Waals surface area contributed by atoms with E-state index in [-0.39, 0.29) is 24.1 Å². The van der Waals surface area contributed by atoms with Gasteiger partial charge in [-0.3, -0.25) is 4.79 Å². The zero-order chi connectivity index (χ0) is 35.7. The SMILES string of the molecule is CCCCCCCCC(CCCCCCCC)OC(=O)CCCCCCCN(CCO)CCCCOC(=O)OCC12CC3CC(CC(C3)C1)C2. The Labute approximate surface area is 307 Å². The number of carbonyl (C=O) groups is 2. The van der Waals surface area contributed by atoms with Gasteiger partial charge in [0, 0.05) is 18.4 Å². The summed E-state index contributed by atoms with van der Waals surface area (Å²) in [5, 5.41) is 9.56. The largest absolute Gasteiger partial charge is 0.508 e. The molecule has 0 aromatic carbocycles. The van der Waals surface area contributed by atoms with E-state index in [0.29, 0.717) is 26.2 Å². The molecule has 50 heavy (non-hydrogen) atoms. The Kier molecular flexibility index (Phi) is 22.8. The lowest BCUT2D eigenvalue weighted by Crippen LogP contribution is -2.48. The van der Waals surface area contributed by atoms with Gasteiger partial charge in [-0.05, 0) is 121 Å². The summed E-state index contributed by atoms with van der Waals surface area (Å²) in [5.41, 5.74) is 0.230. The van der Waals surface area contributed by atoms with Gasteiger partial charge in [-0.15, -0.1) is 0 Å². The van der Waals surface area contributed by atoms with Crippen LogP contribution < -0.4 is 0 Å². The molecule has 292 valence electrons. The molecule has 0 radical (unpaired) electrons. The molecule has 4 aliphatic rings. The van der Waals surface area contributed by atoms with Crippen molar-refractivity contribution in [1.82, 2.24) is 4.90 Å². The van der Waals surface area contributed by atoms with Crippen molar-refractivity contribution in [3.63, 3.8) is 0 Å². The summed E-state index contributed by atoms with van der Waals surface area (Å²) in [7, 11) is 0. The summed E-state index contributed by atoms with van der Waals surface area (Å²) in [6.45, 7) is 8.16. The second-order valence-electron chi connectivity index (χ2n) is 16.8. The van der Waals surface area contributed by atoms with Gasteiger partial charge in [-0.2, -0.15) is 0 Å². The molecular weight excluding hydrogens is 626 g/mol. The number of hydrogen-bond donors (Lipinski definition) is 1. The van der Waals surface area contributed by atoms with Gasteiger partial charge in [-0.25, -0.2) is 4.79 Å². The van der Waals surface area contributed by atoms with Crippen LogP contribution in [0, 0.1) is 23.2 Å². The van der Waals surface area contributed by atoms with Gasteiger partial charge >= 0.3 is 12.1 Å². The smallest absolute Gasteiger partial charge is 0.462 e. The van der Waals surface area contributed by atoms with Crippen molar-refractivity contribution in [3.8, 4) is 0 Å². The first-order valence-electron chi connectivity index (χ1n) is 21.8. The van der Waals surface area contributed by atoms with Crippen LogP contribution in [0.2, 0.25) is 0 Å². The van der Waals surface area contributed by atoms with Gasteiger partial charge in [-0.1, -0.05) is 97.3 Å². The maximum absolute atomic E-state index is 12.7. The highest BCUT2D eigenvalue weighted by Crippen LogP contribution is 2.60. The Hall–Kier alpha value is -1.34. The van der Waals surface area contributed by atoms with E-state index in [1.807, 2.05) is 0 Å². The van der Waals surface area contributed by atoms with Crippen LogP contribution in [-0.2, 0) is 19.0 Å². The number of aliphatic hydroxyl groups is 1. The van der Waals surface area contributed by atoms with Crippen LogP contribution in [0.3, 0.4) is 0 Å². The van der Waals surface area contributed by atoms with Crippen LogP contribution in [-0.4, -0.2) is 67.7 Å². The number of hydrogen-bond acceptors (Lipinski definition) is 7. The molecule has 1 N–H and O–H groups in total. The molecule has 4 fully saturated rings. The summed E-state index contributed by atoms with van der Waals surface area (Å²) >= 11 is 0. The minimum absolute atomic E-state index is 0.000874. The molecule has 0 spiro atoms. The Morgan fingerprint density at radius 3 is 1.70 bits per heavy atom. The van der Waals surface area contributed by atoms with E-state index in [2.05, 4.69) is 18.7 Å². The molecule has 4 aliphatic carbocycles. The lowest BCUT2D eigenvalue weighted by atomic mass is 9.50. The lowest BCUT2D eigenvalue weighted by molar-refractivity contribution is -0.150. The van der Waals surface area contributed by atoms with Gasteiger partial charge in [0.1, 0.15) is 12.7 Å². The third kappa shape index (κ3) is 18.4. The van der Waals surface area contributed by atoms with Crippen molar-refractivity contribution in [2.24, 2.45) is 23.2 Å². The molecule has 0 aromatic rings. The zero-order valence-electron chi connectivity index (χ0n) is 32.8. The Morgan fingerprint density at radius 2 is 1.14 bits per heavy atom. The fourth-order valence-corrected chi connectivity index (χ4v) is 9.74. The Morgan fingerprint density at radius 1 is 0.640 bits per heavy atom. The van der Waals surface area contributed by atoms with E-state index in [1.54, 1.807) is 0 Å². The fourth-order valence-electron chi connectivity index (χ4n) is 9.74. The van der Waals surface area contributed by atoms with Gasteiger partial charge in [0.05, 0.1) is 13.2 Å². The summed E-state index contributed by atoms with van der Waals surface area (Å²) in [5.74, 6) is 2.57. The lowest BCUT2D eigenvalue weighted by Gasteiger charge is -2.56. The highest BCUT2D eigenvalue weighted by atomic mass is 16.7. The standard InChI is InChI=1S/C43H79NO6/c1-3-5-7-9-12-16-22-40(23-17-13-10-8-6-4-2)50-41(46)24-18-14-11-15-19-25-44(27-28-45)26-20-21-29-48-42(47)49-36-43-33-37-30-38(34-43)32-39(31-37)35-43/h37-40,45H,3-36H2,1-2H3. The van der Waals surface area contributed by atoms with Gasteiger partial charge in [0.15, 0.2) is 0 Å². The van der Waals surface area contributed by atoms with Crippen molar-refractivity contribution in [3.05, 3.63) is 0 Å². The first-order chi connectivity index (χ1) is 24.4. The maximum atomic E-state index is 12.7. The van der Waals surface area contributed by atoms with Crippen molar-refractivity contribution in [2.75, 3.05) is 39.5 Å². The molecule has 0 atom stereocenters. The van der Waals surface area contributed by atoms with E-state index in [0.717, 1.165) is 88.6 Å². The number of unbranched alkanes of at least 4 members (excludes halogenated alkanes) is 15. The molecular formula is C43H79NO6. The number of nitrogens with zero attached hydrogens (tertiary/aromatic N) is 1. The summed E-state index contributed by atoms with van der Waals surface area (Å²) in [6.07, 6.45) is 32.5. The summed E-state index contributed by atoms with van der Waals surface area (Å²) < 4.78 is 17.1. The number of rotatable bonds is 32. The second kappa shape index (κ2) is 26.4. The van der Waals surface area contributed by atoms with Gasteiger partial charge in [0.25, 0.3) is 0 Å². The molecule has 0 saturated heterocycles. The van der Waals surface area contributed by atoms with Crippen molar-refractivity contribution in [1.29, 1.82) is 0 Å². The first-order valence-corrected chi connectivity index (χ1v) is 21.8. The summed E-state index contributed by atoms with van der Waals surface area (Å²) in [6, 6.07) is 0. The third-order valence-electron chi connectivity index (χ3n) is 12.1. The average Bonchev–Trinajstić information content (AvgIpc) is 3.09. The molecule has 0 unspecified atom stereocenters. The molecule has 4 saturated carbocycles. The fraction of sp³-hybridized carbons (Fsp3) is 0.953. The predicted molar refractivity (Wildman–Crippen MR) is 204 cm³/mol. The number of ether oxygens (including phenoxy) is 3. The van der Waals surface area contributed by atoms with Gasteiger partial charge < -0.3 is 24.2 Å². The van der Waals surface area contributed by atoms with Crippen LogP contribution in [0.5, 0.6) is 0 Å². The Balaban J connectivity index is 1.17. The zero-order valence-corrected chi connectivity index (χ0v) is 32.8. The van der Waals surface area contributed by atoms with Crippen LogP contribution in [0.4, 0.5) is 4.79 Å². The topological polar surface area (TPSA) is 85.3 Å². The molecule has 0 aliphatic heterocycles. The minimum atomic E-state index is -0.498. The van der Waals surface area contributed by atoms with Crippen molar-refractivity contribution in [2.45, 2.75) is 200 Å². The van der Waals surface area contributed by atoms with E-state index < -0.39 is 6.16 Å². The van der Waals surface area contributed by atoms with Crippen molar-refractivity contribution >= 4 is 12.1 Å². The number of aliphatic hydroxyl groups excluding tert-OH is 1. The maximum Gasteiger partial charge on any atom is 0.508 e. The second-order valence-corrected chi connectivity index (χ2v) is 16.8. The molecule has 0 heterocycles.